The van der Waals surface area contributed by atoms with Gasteiger partial charge in [-0.3, -0.25) is 9.48 Å². The van der Waals surface area contributed by atoms with E-state index < -0.39 is 10.0 Å². The zero-order chi connectivity index (χ0) is 15.6. The number of piperazine rings is 1. The molecule has 1 saturated heterocycles. The van der Waals surface area contributed by atoms with Crippen molar-refractivity contribution in [2.45, 2.75) is 30.8 Å². The lowest BCUT2D eigenvalue weighted by atomic mass is 10.1. The third kappa shape index (κ3) is 4.19. The lowest BCUT2D eigenvalue weighted by Crippen LogP contribution is -2.58. The standard InChI is InChI=1S/C12H21N5O3S.ClH/c1-9-10(2)17(5-4-13-9)12(18)7-15-21(19,20)11-6-14-16(3)8-11;/h6,8-10,13,15H,4-5,7H2,1-3H3;1H. The first-order chi connectivity index (χ1) is 9.81. The highest BCUT2D eigenvalue weighted by molar-refractivity contribution is 7.89. The topological polar surface area (TPSA) is 96.3 Å². The van der Waals surface area contributed by atoms with Crippen LogP contribution in [0.2, 0.25) is 0 Å². The maximum absolute atomic E-state index is 12.2. The molecule has 2 atom stereocenters. The maximum Gasteiger partial charge on any atom is 0.244 e. The second-order valence-electron chi connectivity index (χ2n) is 5.24. The highest BCUT2D eigenvalue weighted by Gasteiger charge is 2.28. The van der Waals surface area contributed by atoms with E-state index in [0.717, 1.165) is 0 Å². The fourth-order valence-electron chi connectivity index (χ4n) is 2.29. The maximum atomic E-state index is 12.2. The minimum Gasteiger partial charge on any atom is -0.336 e. The molecule has 1 aliphatic heterocycles. The Morgan fingerprint density at radius 2 is 2.18 bits per heavy atom. The van der Waals surface area contributed by atoms with Gasteiger partial charge in [-0.15, -0.1) is 12.4 Å². The van der Waals surface area contributed by atoms with Crippen LogP contribution in [0.1, 0.15) is 13.8 Å². The smallest absolute Gasteiger partial charge is 0.244 e. The molecule has 0 aliphatic carbocycles. The number of rotatable bonds is 4. The molecule has 0 radical (unpaired) electrons. The van der Waals surface area contributed by atoms with Gasteiger partial charge in [0.25, 0.3) is 0 Å². The van der Waals surface area contributed by atoms with Gasteiger partial charge in [0.15, 0.2) is 0 Å². The van der Waals surface area contributed by atoms with Crippen LogP contribution in [0.15, 0.2) is 17.3 Å². The molecule has 0 saturated carbocycles. The summed E-state index contributed by atoms with van der Waals surface area (Å²) in [6.07, 6.45) is 2.64. The summed E-state index contributed by atoms with van der Waals surface area (Å²) in [7, 11) is -2.07. The van der Waals surface area contributed by atoms with E-state index in [1.165, 1.54) is 17.1 Å². The Kier molecular flexibility index (Phi) is 6.36. The molecule has 2 rings (SSSR count). The average Bonchev–Trinajstić information content (AvgIpc) is 2.87. The van der Waals surface area contributed by atoms with E-state index in [0.29, 0.717) is 13.1 Å². The molecule has 1 aliphatic rings. The Morgan fingerprint density at radius 3 is 2.77 bits per heavy atom. The molecule has 2 N–H and O–H groups in total. The first-order valence-corrected chi connectivity index (χ1v) is 8.31. The Labute approximate surface area is 136 Å². The molecular formula is C12H22ClN5O3S. The van der Waals surface area contributed by atoms with Gasteiger partial charge < -0.3 is 10.2 Å². The second kappa shape index (κ2) is 7.40. The number of amides is 1. The molecular weight excluding hydrogens is 330 g/mol. The molecule has 8 nitrogen and oxygen atoms in total. The minimum absolute atomic E-state index is 0. The van der Waals surface area contributed by atoms with E-state index in [9.17, 15) is 13.2 Å². The Balaban J connectivity index is 0.00000242. The molecule has 1 aromatic rings. The largest absolute Gasteiger partial charge is 0.336 e. The predicted octanol–water partition coefficient (Wildman–Crippen LogP) is -0.671. The molecule has 1 aromatic heterocycles. The SMILES string of the molecule is CC1NCCN(C(=O)CNS(=O)(=O)c2cnn(C)c2)C1C.Cl. The third-order valence-corrected chi connectivity index (χ3v) is 5.12. The van der Waals surface area contributed by atoms with Gasteiger partial charge >= 0.3 is 0 Å². The summed E-state index contributed by atoms with van der Waals surface area (Å²) >= 11 is 0. The van der Waals surface area contributed by atoms with Gasteiger partial charge in [-0.2, -0.15) is 5.10 Å². The van der Waals surface area contributed by atoms with E-state index in [-0.39, 0.29) is 41.8 Å². The third-order valence-electron chi connectivity index (χ3n) is 3.76. The van der Waals surface area contributed by atoms with Crippen LogP contribution < -0.4 is 10.0 Å². The summed E-state index contributed by atoms with van der Waals surface area (Å²) in [6, 6.07) is 0.228. The van der Waals surface area contributed by atoms with Gasteiger partial charge in [0.2, 0.25) is 15.9 Å². The number of hydrogen-bond donors (Lipinski definition) is 2. The Morgan fingerprint density at radius 1 is 1.50 bits per heavy atom. The summed E-state index contributed by atoms with van der Waals surface area (Å²) in [5.74, 6) is -0.219. The lowest BCUT2D eigenvalue weighted by Gasteiger charge is -2.38. The Hall–Kier alpha value is -1.16. The number of hydrogen-bond acceptors (Lipinski definition) is 5. The predicted molar refractivity (Wildman–Crippen MR) is 84.3 cm³/mol. The van der Waals surface area contributed by atoms with E-state index in [2.05, 4.69) is 15.1 Å². The molecule has 0 aromatic carbocycles. The molecule has 2 unspecified atom stereocenters. The quantitative estimate of drug-likeness (QED) is 0.750. The van der Waals surface area contributed by atoms with Crippen LogP contribution in [0.3, 0.4) is 0 Å². The molecule has 1 fully saturated rings. The van der Waals surface area contributed by atoms with Gasteiger partial charge in [-0.25, -0.2) is 13.1 Å². The van der Waals surface area contributed by atoms with Crippen molar-refractivity contribution in [2.75, 3.05) is 19.6 Å². The molecule has 2 heterocycles. The van der Waals surface area contributed by atoms with Crippen LogP contribution >= 0.6 is 12.4 Å². The van der Waals surface area contributed by atoms with E-state index in [1.54, 1.807) is 11.9 Å². The Bertz CT molecular complexity index is 618. The molecule has 126 valence electrons. The monoisotopic (exact) mass is 351 g/mol. The van der Waals surface area contributed by atoms with Gasteiger partial charge in [-0.05, 0) is 13.8 Å². The number of sulfonamides is 1. The number of nitrogens with zero attached hydrogens (tertiary/aromatic N) is 3. The van der Waals surface area contributed by atoms with Gasteiger partial charge in [0.05, 0.1) is 12.7 Å². The minimum atomic E-state index is -3.70. The van der Waals surface area contributed by atoms with Crippen molar-refractivity contribution in [3.05, 3.63) is 12.4 Å². The van der Waals surface area contributed by atoms with Crippen molar-refractivity contribution >= 4 is 28.3 Å². The van der Waals surface area contributed by atoms with Crippen LogP contribution in [0.4, 0.5) is 0 Å². The van der Waals surface area contributed by atoms with Crippen molar-refractivity contribution in [3.63, 3.8) is 0 Å². The highest BCUT2D eigenvalue weighted by atomic mass is 35.5. The van der Waals surface area contributed by atoms with E-state index in [4.69, 9.17) is 0 Å². The zero-order valence-corrected chi connectivity index (χ0v) is 14.4. The van der Waals surface area contributed by atoms with Gasteiger partial charge in [0.1, 0.15) is 4.90 Å². The molecule has 0 spiro atoms. The van der Waals surface area contributed by atoms with Crippen molar-refractivity contribution < 1.29 is 13.2 Å². The second-order valence-corrected chi connectivity index (χ2v) is 7.01. The van der Waals surface area contributed by atoms with Crippen molar-refractivity contribution in [3.8, 4) is 0 Å². The summed E-state index contributed by atoms with van der Waals surface area (Å²) in [5, 5.41) is 7.09. The number of halogens is 1. The van der Waals surface area contributed by atoms with Crippen molar-refractivity contribution in [1.82, 2.24) is 24.7 Å². The van der Waals surface area contributed by atoms with E-state index in [1.807, 2.05) is 13.8 Å². The number of carbonyl (C=O) groups excluding carboxylic acids is 1. The number of carbonyl (C=O) groups is 1. The normalized spacial score (nSPS) is 22.2. The van der Waals surface area contributed by atoms with Crippen molar-refractivity contribution in [2.24, 2.45) is 7.05 Å². The van der Waals surface area contributed by atoms with Gasteiger partial charge in [-0.1, -0.05) is 0 Å². The van der Waals surface area contributed by atoms with Crippen molar-refractivity contribution in [1.29, 1.82) is 0 Å². The molecule has 0 bridgehead atoms. The number of aryl methyl sites for hydroxylation is 1. The van der Waals surface area contributed by atoms with Crippen LogP contribution in [0, 0.1) is 0 Å². The highest BCUT2D eigenvalue weighted by Crippen LogP contribution is 2.10. The molecule has 22 heavy (non-hydrogen) atoms. The van der Waals surface area contributed by atoms with Crippen LogP contribution in [-0.2, 0) is 21.9 Å². The summed E-state index contributed by atoms with van der Waals surface area (Å²) < 4.78 is 27.8. The van der Waals surface area contributed by atoms with Crippen LogP contribution in [-0.4, -0.2) is 60.7 Å². The average molecular weight is 352 g/mol. The fourth-order valence-corrected chi connectivity index (χ4v) is 3.25. The van der Waals surface area contributed by atoms with Crippen LogP contribution in [0.25, 0.3) is 0 Å². The lowest BCUT2D eigenvalue weighted by molar-refractivity contribution is -0.133. The summed E-state index contributed by atoms with van der Waals surface area (Å²) in [6.45, 7) is 5.01. The summed E-state index contributed by atoms with van der Waals surface area (Å²) in [4.78, 5) is 13.9. The first kappa shape index (κ1) is 18.9. The molecule has 10 heteroatoms. The zero-order valence-electron chi connectivity index (χ0n) is 12.8. The fraction of sp³-hybridized carbons (Fsp3) is 0.667. The van der Waals surface area contributed by atoms with E-state index >= 15 is 0 Å². The van der Waals surface area contributed by atoms with Crippen LogP contribution in [0.5, 0.6) is 0 Å². The molecule has 1 amide bonds. The van der Waals surface area contributed by atoms with Gasteiger partial charge in [0, 0.05) is 38.4 Å². The number of aromatic nitrogens is 2. The first-order valence-electron chi connectivity index (χ1n) is 6.82. The summed E-state index contributed by atoms with van der Waals surface area (Å²) in [5.41, 5.74) is 0. The number of nitrogens with one attached hydrogen (secondary N) is 2.